The van der Waals surface area contributed by atoms with Crippen molar-refractivity contribution in [2.75, 3.05) is 39.3 Å². The van der Waals surface area contributed by atoms with E-state index in [4.69, 9.17) is 0 Å². The lowest BCUT2D eigenvalue weighted by molar-refractivity contribution is -0.131. The molecule has 1 aromatic heterocycles. The highest BCUT2D eigenvalue weighted by atomic mass is 16.2. The summed E-state index contributed by atoms with van der Waals surface area (Å²) in [6.45, 7) is 6.45. The molecule has 3 heterocycles. The quantitative estimate of drug-likeness (QED) is 0.891. The molecule has 6 heteroatoms. The Labute approximate surface area is 156 Å². The summed E-state index contributed by atoms with van der Waals surface area (Å²) in [5.74, 6) is 0.716. The zero-order chi connectivity index (χ0) is 17.8. The first kappa shape index (κ1) is 18.0. The molecule has 0 radical (unpaired) electrons. The average Bonchev–Trinajstić information content (AvgIpc) is 3.30. The van der Waals surface area contributed by atoms with Gasteiger partial charge < -0.3 is 10.2 Å². The Morgan fingerprint density at radius 3 is 2.77 bits per heavy atom. The highest BCUT2D eigenvalue weighted by Crippen LogP contribution is 2.24. The molecule has 1 N–H and O–H groups in total. The first-order chi connectivity index (χ1) is 12.8. The third-order valence-electron chi connectivity index (χ3n) is 6.40. The van der Waals surface area contributed by atoms with Crippen molar-refractivity contribution in [2.45, 2.75) is 63.5 Å². The van der Waals surface area contributed by atoms with E-state index < -0.39 is 0 Å². The van der Waals surface area contributed by atoms with Crippen LogP contribution in [0.25, 0.3) is 0 Å². The lowest BCUT2D eigenvalue weighted by Gasteiger charge is -2.27. The lowest BCUT2D eigenvalue weighted by Crippen LogP contribution is -2.39. The molecule has 6 nitrogen and oxygen atoms in total. The molecule has 0 spiro atoms. The molecule has 1 atom stereocenters. The highest BCUT2D eigenvalue weighted by molar-refractivity contribution is 5.75. The van der Waals surface area contributed by atoms with E-state index in [9.17, 15) is 4.79 Å². The molecule has 2 saturated heterocycles. The van der Waals surface area contributed by atoms with Crippen molar-refractivity contribution in [3.8, 4) is 0 Å². The summed E-state index contributed by atoms with van der Waals surface area (Å²) in [5, 5.41) is 8.13. The summed E-state index contributed by atoms with van der Waals surface area (Å²) in [7, 11) is 0. The first-order valence-corrected chi connectivity index (χ1v) is 10.6. The highest BCUT2D eigenvalue weighted by Gasteiger charge is 2.26. The fraction of sp³-hybridized carbons (Fsp3) is 0.800. The normalized spacial score (nSPS) is 26.2. The Bertz CT molecular complexity index is 589. The fourth-order valence-corrected chi connectivity index (χ4v) is 4.85. The van der Waals surface area contributed by atoms with Gasteiger partial charge in [0, 0.05) is 50.9 Å². The number of carbonyl (C=O) groups excluding carboxylic acids is 1. The Morgan fingerprint density at radius 1 is 1.08 bits per heavy atom. The monoisotopic (exact) mass is 359 g/mol. The van der Waals surface area contributed by atoms with Gasteiger partial charge in [0.1, 0.15) is 6.54 Å². The van der Waals surface area contributed by atoms with Crippen molar-refractivity contribution in [1.82, 2.24) is 24.9 Å². The van der Waals surface area contributed by atoms with Gasteiger partial charge in [0.05, 0.1) is 5.69 Å². The number of nitrogens with zero attached hydrogens (tertiary/aromatic N) is 4. The third-order valence-corrected chi connectivity index (χ3v) is 6.40. The number of amides is 1. The minimum atomic E-state index is 0.217. The molecular weight excluding hydrogens is 326 g/mol. The Morgan fingerprint density at radius 2 is 1.96 bits per heavy atom. The van der Waals surface area contributed by atoms with Crippen molar-refractivity contribution in [1.29, 1.82) is 0 Å². The number of carbonyl (C=O) groups is 1. The van der Waals surface area contributed by atoms with Gasteiger partial charge in [-0.2, -0.15) is 5.10 Å². The second-order valence-corrected chi connectivity index (χ2v) is 8.19. The van der Waals surface area contributed by atoms with Crippen molar-refractivity contribution in [3.05, 3.63) is 18.0 Å². The molecule has 1 saturated carbocycles. The lowest BCUT2D eigenvalue weighted by atomic mass is 9.97. The second-order valence-electron chi connectivity index (χ2n) is 8.19. The number of piperidine rings is 1. The van der Waals surface area contributed by atoms with E-state index in [2.05, 4.69) is 26.3 Å². The maximum Gasteiger partial charge on any atom is 0.244 e. The van der Waals surface area contributed by atoms with Crippen LogP contribution in [0.4, 0.5) is 0 Å². The molecule has 3 aliphatic rings. The Hall–Kier alpha value is -1.40. The van der Waals surface area contributed by atoms with Crippen LogP contribution in [0.1, 0.15) is 56.6 Å². The molecule has 0 aromatic carbocycles. The number of hydrogen-bond acceptors (Lipinski definition) is 4. The largest absolute Gasteiger partial charge is 0.340 e. The molecule has 4 rings (SSSR count). The first-order valence-electron chi connectivity index (χ1n) is 10.6. The maximum atomic E-state index is 12.8. The minimum absolute atomic E-state index is 0.217. The predicted molar refractivity (Wildman–Crippen MR) is 102 cm³/mol. The second kappa shape index (κ2) is 8.53. The van der Waals surface area contributed by atoms with E-state index in [1.54, 1.807) is 0 Å². The molecule has 2 aliphatic heterocycles. The fourth-order valence-electron chi connectivity index (χ4n) is 4.85. The summed E-state index contributed by atoms with van der Waals surface area (Å²) in [6, 6.07) is 2.86. The van der Waals surface area contributed by atoms with Crippen molar-refractivity contribution in [3.63, 3.8) is 0 Å². The standard InChI is InChI=1S/C20H33N5O/c26-20(16-25-12-8-19(22-25)17-5-3-9-21-15-17)24-11-4-10-23(13-14-24)18-6-1-2-7-18/h8,12,17-18,21H,1-7,9-11,13-16H2/t17-/m0/s1. The number of rotatable bonds is 4. The number of hydrogen-bond donors (Lipinski definition) is 1. The van der Waals surface area contributed by atoms with Gasteiger partial charge in [-0.3, -0.25) is 14.4 Å². The van der Waals surface area contributed by atoms with Crippen molar-refractivity contribution < 1.29 is 4.79 Å². The molecule has 1 aliphatic carbocycles. The maximum absolute atomic E-state index is 12.8. The van der Waals surface area contributed by atoms with Gasteiger partial charge in [0.15, 0.2) is 0 Å². The summed E-state index contributed by atoms with van der Waals surface area (Å²) in [6.07, 6.45) is 10.9. The topological polar surface area (TPSA) is 53.4 Å². The van der Waals surface area contributed by atoms with E-state index in [0.717, 1.165) is 57.4 Å². The number of aromatic nitrogens is 2. The molecular formula is C20H33N5O. The van der Waals surface area contributed by atoms with Crippen LogP contribution in [-0.4, -0.2) is 70.8 Å². The summed E-state index contributed by atoms with van der Waals surface area (Å²) in [4.78, 5) is 17.4. The summed E-state index contributed by atoms with van der Waals surface area (Å²) in [5.41, 5.74) is 1.13. The molecule has 1 aromatic rings. The van der Waals surface area contributed by atoms with Crippen molar-refractivity contribution in [2.24, 2.45) is 0 Å². The smallest absolute Gasteiger partial charge is 0.244 e. The van der Waals surface area contributed by atoms with Gasteiger partial charge in [0.2, 0.25) is 5.91 Å². The zero-order valence-corrected chi connectivity index (χ0v) is 15.9. The van der Waals surface area contributed by atoms with Gasteiger partial charge in [-0.15, -0.1) is 0 Å². The van der Waals surface area contributed by atoms with E-state index in [-0.39, 0.29) is 5.91 Å². The van der Waals surface area contributed by atoms with E-state index in [1.807, 2.05) is 10.9 Å². The van der Waals surface area contributed by atoms with Gasteiger partial charge >= 0.3 is 0 Å². The molecule has 0 bridgehead atoms. The number of nitrogens with one attached hydrogen (secondary N) is 1. The molecule has 26 heavy (non-hydrogen) atoms. The van der Waals surface area contributed by atoms with Gasteiger partial charge in [-0.05, 0) is 44.7 Å². The van der Waals surface area contributed by atoms with E-state index >= 15 is 0 Å². The van der Waals surface area contributed by atoms with Crippen LogP contribution < -0.4 is 5.32 Å². The van der Waals surface area contributed by atoms with Crippen LogP contribution in [0.15, 0.2) is 12.3 Å². The van der Waals surface area contributed by atoms with Crippen LogP contribution >= 0.6 is 0 Å². The van der Waals surface area contributed by atoms with Gasteiger partial charge in [-0.1, -0.05) is 12.8 Å². The van der Waals surface area contributed by atoms with Gasteiger partial charge in [0.25, 0.3) is 0 Å². The van der Waals surface area contributed by atoms with Crippen LogP contribution in [0.5, 0.6) is 0 Å². The predicted octanol–water partition coefficient (Wildman–Crippen LogP) is 1.83. The van der Waals surface area contributed by atoms with E-state index in [0.29, 0.717) is 12.5 Å². The third kappa shape index (κ3) is 4.29. The Kier molecular flexibility index (Phi) is 5.90. The van der Waals surface area contributed by atoms with Gasteiger partial charge in [-0.25, -0.2) is 0 Å². The minimum Gasteiger partial charge on any atom is -0.340 e. The van der Waals surface area contributed by atoms with Crippen LogP contribution in [0.3, 0.4) is 0 Å². The molecule has 1 amide bonds. The average molecular weight is 360 g/mol. The van der Waals surface area contributed by atoms with E-state index in [1.165, 1.54) is 38.5 Å². The van der Waals surface area contributed by atoms with Crippen LogP contribution in [-0.2, 0) is 11.3 Å². The summed E-state index contributed by atoms with van der Waals surface area (Å²) < 4.78 is 1.84. The molecule has 3 fully saturated rings. The Balaban J connectivity index is 1.29. The van der Waals surface area contributed by atoms with Crippen molar-refractivity contribution >= 4 is 5.91 Å². The van der Waals surface area contributed by atoms with Crippen LogP contribution in [0.2, 0.25) is 0 Å². The van der Waals surface area contributed by atoms with Crippen LogP contribution in [0, 0.1) is 0 Å². The molecule has 144 valence electrons. The zero-order valence-electron chi connectivity index (χ0n) is 15.9. The summed E-state index contributed by atoms with van der Waals surface area (Å²) >= 11 is 0. The molecule has 0 unspecified atom stereocenters. The SMILES string of the molecule is O=C(Cn1ccc([C@H]2CCCNC2)n1)N1CCCN(C2CCCC2)CC1.